The number of hydrogen-bond acceptors (Lipinski definition) is 2. The molecule has 1 fully saturated rings. The summed E-state index contributed by atoms with van der Waals surface area (Å²) < 4.78 is 26.1. The third-order valence-electron chi connectivity index (χ3n) is 3.82. The number of carboxylic acid groups (broad SMARTS) is 1. The Hall–Kier alpha value is -1.20. The molecular weight excluding hydrogens is 280 g/mol. The van der Waals surface area contributed by atoms with Gasteiger partial charge in [0.15, 0.2) is 0 Å². The molecule has 122 valence electrons. The minimum atomic E-state index is -2.66. The van der Waals surface area contributed by atoms with Crippen molar-refractivity contribution in [3.63, 3.8) is 0 Å². The highest BCUT2D eigenvalue weighted by molar-refractivity contribution is 5.79. The third kappa shape index (κ3) is 6.40. The fraction of sp³-hybridized carbons (Fsp3) is 0.867. The minimum absolute atomic E-state index is 0.0539. The summed E-state index contributed by atoms with van der Waals surface area (Å²) in [6, 6.07) is 0. The zero-order valence-corrected chi connectivity index (χ0v) is 12.9. The number of carboxylic acids is 1. The van der Waals surface area contributed by atoms with E-state index in [1.165, 1.54) is 0 Å². The highest BCUT2D eigenvalue weighted by Crippen LogP contribution is 2.36. The summed E-state index contributed by atoms with van der Waals surface area (Å²) in [5.41, 5.74) is -0.152. The largest absolute Gasteiger partial charge is 0.481 e. The second-order valence-corrected chi connectivity index (χ2v) is 7.18. The topological polar surface area (TPSA) is 66.4 Å². The van der Waals surface area contributed by atoms with Gasteiger partial charge in [0, 0.05) is 25.3 Å². The normalized spacial score (nSPS) is 20.8. The molecule has 1 unspecified atom stereocenters. The van der Waals surface area contributed by atoms with Crippen LogP contribution in [0.2, 0.25) is 0 Å². The molecule has 1 atom stereocenters. The molecule has 0 aromatic heterocycles. The van der Waals surface area contributed by atoms with Crippen molar-refractivity contribution in [1.82, 2.24) is 5.32 Å². The average molecular weight is 305 g/mol. The number of halogens is 2. The lowest BCUT2D eigenvalue weighted by molar-refractivity contribution is -0.142. The number of amides is 1. The summed E-state index contributed by atoms with van der Waals surface area (Å²) >= 11 is 0. The van der Waals surface area contributed by atoms with Crippen molar-refractivity contribution in [1.29, 1.82) is 0 Å². The standard InChI is InChI=1S/C15H25F2NO3/c1-14(2,3)8-11(13(20)21)9-18-12(19)10-4-6-15(16,17)7-5-10/h10-11H,4-9H2,1-3H3,(H,18,19)(H,20,21). The predicted molar refractivity (Wildman–Crippen MR) is 75.1 cm³/mol. The van der Waals surface area contributed by atoms with Gasteiger partial charge in [0.1, 0.15) is 0 Å². The molecule has 2 N–H and O–H groups in total. The van der Waals surface area contributed by atoms with Gasteiger partial charge in [-0.2, -0.15) is 0 Å². The van der Waals surface area contributed by atoms with Crippen LogP contribution in [0.3, 0.4) is 0 Å². The van der Waals surface area contributed by atoms with Crippen molar-refractivity contribution in [2.45, 2.75) is 58.8 Å². The Balaban J connectivity index is 2.45. The molecule has 0 aliphatic heterocycles. The molecule has 4 nitrogen and oxygen atoms in total. The van der Waals surface area contributed by atoms with E-state index < -0.39 is 23.7 Å². The second kappa shape index (κ2) is 6.71. The lowest BCUT2D eigenvalue weighted by atomic mass is 9.84. The molecule has 0 radical (unpaired) electrons. The molecule has 1 aliphatic rings. The lowest BCUT2D eigenvalue weighted by Crippen LogP contribution is -2.40. The lowest BCUT2D eigenvalue weighted by Gasteiger charge is -2.28. The first-order valence-electron chi connectivity index (χ1n) is 7.38. The van der Waals surface area contributed by atoms with E-state index in [-0.39, 0.29) is 43.6 Å². The molecule has 0 bridgehead atoms. The van der Waals surface area contributed by atoms with E-state index in [9.17, 15) is 23.5 Å². The van der Waals surface area contributed by atoms with Gasteiger partial charge in [0.25, 0.3) is 0 Å². The summed E-state index contributed by atoms with van der Waals surface area (Å²) in [7, 11) is 0. The van der Waals surface area contributed by atoms with Crippen LogP contribution < -0.4 is 5.32 Å². The molecule has 0 heterocycles. The molecule has 1 aliphatic carbocycles. The first kappa shape index (κ1) is 17.9. The Morgan fingerprint density at radius 3 is 2.24 bits per heavy atom. The van der Waals surface area contributed by atoms with Gasteiger partial charge in [-0.15, -0.1) is 0 Å². The van der Waals surface area contributed by atoms with Gasteiger partial charge in [0.2, 0.25) is 11.8 Å². The summed E-state index contributed by atoms with van der Waals surface area (Å²) in [6.07, 6.45) is 0.238. The van der Waals surface area contributed by atoms with Crippen molar-refractivity contribution in [2.24, 2.45) is 17.3 Å². The number of alkyl halides is 2. The summed E-state index contributed by atoms with van der Waals surface area (Å²) in [5.74, 6) is -4.98. The van der Waals surface area contributed by atoms with Crippen LogP contribution in [-0.4, -0.2) is 29.5 Å². The molecular formula is C15H25F2NO3. The van der Waals surface area contributed by atoms with Crippen molar-refractivity contribution in [3.8, 4) is 0 Å². The van der Waals surface area contributed by atoms with E-state index in [1.807, 2.05) is 20.8 Å². The zero-order chi connectivity index (χ0) is 16.3. The van der Waals surface area contributed by atoms with Crippen LogP contribution in [0.25, 0.3) is 0 Å². The smallest absolute Gasteiger partial charge is 0.308 e. The average Bonchev–Trinajstić information content (AvgIpc) is 2.32. The van der Waals surface area contributed by atoms with E-state index in [2.05, 4.69) is 5.32 Å². The van der Waals surface area contributed by atoms with Gasteiger partial charge in [0.05, 0.1) is 5.92 Å². The van der Waals surface area contributed by atoms with Crippen LogP contribution in [0.5, 0.6) is 0 Å². The molecule has 6 heteroatoms. The number of nitrogens with one attached hydrogen (secondary N) is 1. The molecule has 1 amide bonds. The molecule has 0 saturated heterocycles. The van der Waals surface area contributed by atoms with Crippen LogP contribution in [0.15, 0.2) is 0 Å². The first-order valence-corrected chi connectivity index (χ1v) is 7.38. The SMILES string of the molecule is CC(C)(C)CC(CNC(=O)C1CCC(F)(F)CC1)C(=O)O. The van der Waals surface area contributed by atoms with E-state index in [1.54, 1.807) is 0 Å². The highest BCUT2D eigenvalue weighted by Gasteiger charge is 2.37. The van der Waals surface area contributed by atoms with Crippen LogP contribution in [-0.2, 0) is 9.59 Å². The number of carbonyl (C=O) groups excluding carboxylic acids is 1. The molecule has 0 aromatic rings. The van der Waals surface area contributed by atoms with E-state index >= 15 is 0 Å². The Labute approximate surface area is 124 Å². The fourth-order valence-electron chi connectivity index (χ4n) is 2.66. The van der Waals surface area contributed by atoms with Crippen molar-refractivity contribution >= 4 is 11.9 Å². The summed E-state index contributed by atoms with van der Waals surface area (Å²) in [5, 5.41) is 11.8. The quantitative estimate of drug-likeness (QED) is 0.820. The van der Waals surface area contributed by atoms with Gasteiger partial charge in [-0.1, -0.05) is 20.8 Å². The monoisotopic (exact) mass is 305 g/mol. The van der Waals surface area contributed by atoms with Crippen LogP contribution in [0, 0.1) is 17.3 Å². The second-order valence-electron chi connectivity index (χ2n) is 7.18. The Morgan fingerprint density at radius 1 is 1.29 bits per heavy atom. The van der Waals surface area contributed by atoms with Crippen molar-refractivity contribution < 1.29 is 23.5 Å². The van der Waals surface area contributed by atoms with Crippen LogP contribution in [0.1, 0.15) is 52.9 Å². The Kier molecular flexibility index (Phi) is 5.70. The van der Waals surface area contributed by atoms with Gasteiger partial charge < -0.3 is 10.4 Å². The Morgan fingerprint density at radius 2 is 1.81 bits per heavy atom. The number of hydrogen-bond donors (Lipinski definition) is 2. The maximum atomic E-state index is 13.0. The number of aliphatic carboxylic acids is 1. The predicted octanol–water partition coefficient (Wildman–Crippen LogP) is 3.07. The molecule has 1 saturated carbocycles. The highest BCUT2D eigenvalue weighted by atomic mass is 19.3. The summed E-state index contributed by atoms with van der Waals surface area (Å²) in [6.45, 7) is 5.87. The maximum Gasteiger partial charge on any atom is 0.308 e. The van der Waals surface area contributed by atoms with Gasteiger partial charge >= 0.3 is 5.97 Å². The summed E-state index contributed by atoms with van der Waals surface area (Å²) in [4.78, 5) is 23.2. The van der Waals surface area contributed by atoms with E-state index in [0.29, 0.717) is 6.42 Å². The third-order valence-corrected chi connectivity index (χ3v) is 3.82. The number of carbonyl (C=O) groups is 2. The van der Waals surface area contributed by atoms with Crippen LogP contribution in [0.4, 0.5) is 8.78 Å². The van der Waals surface area contributed by atoms with Crippen LogP contribution >= 0.6 is 0 Å². The Bertz CT molecular complexity index is 381. The van der Waals surface area contributed by atoms with E-state index in [4.69, 9.17) is 0 Å². The maximum absolute atomic E-state index is 13.0. The first-order chi connectivity index (χ1) is 9.50. The van der Waals surface area contributed by atoms with Gasteiger partial charge in [-0.05, 0) is 24.7 Å². The van der Waals surface area contributed by atoms with E-state index in [0.717, 1.165) is 0 Å². The molecule has 21 heavy (non-hydrogen) atoms. The number of rotatable bonds is 5. The fourth-order valence-corrected chi connectivity index (χ4v) is 2.66. The zero-order valence-electron chi connectivity index (χ0n) is 12.9. The van der Waals surface area contributed by atoms with Gasteiger partial charge in [-0.25, -0.2) is 8.78 Å². The van der Waals surface area contributed by atoms with Crippen molar-refractivity contribution in [3.05, 3.63) is 0 Å². The molecule has 0 aromatic carbocycles. The molecule has 1 rings (SSSR count). The molecule has 0 spiro atoms. The van der Waals surface area contributed by atoms with Gasteiger partial charge in [-0.3, -0.25) is 9.59 Å². The van der Waals surface area contributed by atoms with Crippen molar-refractivity contribution in [2.75, 3.05) is 6.54 Å². The minimum Gasteiger partial charge on any atom is -0.481 e.